The molecule has 108 valence electrons. The monoisotopic (exact) mass is 258 g/mol. The normalized spacial score (nSPS) is 25.3. The average Bonchev–Trinajstić information content (AvgIpc) is 2.11. The molecule has 0 saturated carbocycles. The lowest BCUT2D eigenvalue weighted by Gasteiger charge is -2.54. The highest BCUT2D eigenvalue weighted by atomic mass is 16.7. The highest BCUT2D eigenvalue weighted by Gasteiger charge is 2.46. The van der Waals surface area contributed by atoms with Crippen LogP contribution in [0.25, 0.3) is 0 Å². The Labute approximate surface area is 112 Å². The Morgan fingerprint density at radius 1 is 1.22 bits per heavy atom. The van der Waals surface area contributed by atoms with Gasteiger partial charge in [-0.25, -0.2) is 0 Å². The molecular weight excluding hydrogens is 228 g/mol. The second-order valence-corrected chi connectivity index (χ2v) is 7.40. The molecule has 1 rings (SSSR count). The van der Waals surface area contributed by atoms with Gasteiger partial charge in [0.05, 0.1) is 12.2 Å². The van der Waals surface area contributed by atoms with Gasteiger partial charge in [0.1, 0.15) is 0 Å². The number of aliphatic hydroxyl groups is 1. The van der Waals surface area contributed by atoms with Crippen LogP contribution in [0, 0.1) is 0 Å². The van der Waals surface area contributed by atoms with E-state index in [2.05, 4.69) is 38.1 Å². The van der Waals surface area contributed by atoms with E-state index in [1.165, 1.54) is 0 Å². The van der Waals surface area contributed by atoms with Gasteiger partial charge in [-0.2, -0.15) is 5.06 Å². The van der Waals surface area contributed by atoms with Crippen LogP contribution in [0.15, 0.2) is 0 Å². The van der Waals surface area contributed by atoms with Gasteiger partial charge >= 0.3 is 0 Å². The molecule has 0 unspecified atom stereocenters. The number of hydrogen-bond donors (Lipinski definition) is 2. The zero-order chi connectivity index (χ0) is 14.2. The molecule has 0 amide bonds. The maximum absolute atomic E-state index is 9.82. The topological polar surface area (TPSA) is 44.7 Å². The molecule has 0 radical (unpaired) electrons. The van der Waals surface area contributed by atoms with Crippen molar-refractivity contribution in [2.45, 2.75) is 77.1 Å². The Hall–Kier alpha value is -0.160. The van der Waals surface area contributed by atoms with E-state index in [-0.39, 0.29) is 11.1 Å². The average molecular weight is 258 g/mol. The number of nitrogens with zero attached hydrogens (tertiary/aromatic N) is 1. The highest BCUT2D eigenvalue weighted by molar-refractivity contribution is 4.98. The van der Waals surface area contributed by atoms with Crippen LogP contribution >= 0.6 is 0 Å². The third-order valence-corrected chi connectivity index (χ3v) is 3.55. The van der Waals surface area contributed by atoms with E-state index in [0.29, 0.717) is 12.6 Å². The van der Waals surface area contributed by atoms with Gasteiger partial charge in [-0.1, -0.05) is 0 Å². The van der Waals surface area contributed by atoms with Gasteiger partial charge in [0.2, 0.25) is 0 Å². The van der Waals surface area contributed by atoms with Crippen LogP contribution in [-0.2, 0) is 4.84 Å². The molecule has 0 aromatic carbocycles. The first-order chi connectivity index (χ1) is 7.98. The molecule has 1 fully saturated rings. The number of nitrogens with one attached hydrogen (secondary N) is 1. The van der Waals surface area contributed by atoms with Gasteiger partial charge < -0.3 is 10.4 Å². The SMILES string of the molecule is CNC1CC(C)(C)N(OCC(C)(C)O)C(C)(C)C1. The molecule has 1 aliphatic rings. The molecule has 4 heteroatoms. The van der Waals surface area contributed by atoms with Crippen LogP contribution in [-0.4, -0.2) is 46.5 Å². The molecular formula is C14H30N2O2. The van der Waals surface area contributed by atoms with E-state index in [1.807, 2.05) is 7.05 Å². The minimum absolute atomic E-state index is 0.0410. The van der Waals surface area contributed by atoms with Crippen molar-refractivity contribution in [3.8, 4) is 0 Å². The summed E-state index contributed by atoms with van der Waals surface area (Å²) in [5, 5.41) is 15.3. The lowest BCUT2D eigenvalue weighted by molar-refractivity contribution is -0.299. The van der Waals surface area contributed by atoms with Crippen LogP contribution < -0.4 is 5.32 Å². The minimum Gasteiger partial charge on any atom is -0.388 e. The first kappa shape index (κ1) is 15.9. The zero-order valence-corrected chi connectivity index (χ0v) is 13.0. The van der Waals surface area contributed by atoms with Gasteiger partial charge in [0.15, 0.2) is 0 Å². The molecule has 1 saturated heterocycles. The molecule has 0 spiro atoms. The van der Waals surface area contributed by atoms with Gasteiger partial charge in [-0.3, -0.25) is 4.84 Å². The van der Waals surface area contributed by atoms with Crippen LogP contribution in [0.1, 0.15) is 54.4 Å². The van der Waals surface area contributed by atoms with Crippen molar-refractivity contribution in [1.29, 1.82) is 0 Å². The number of hydroxylamine groups is 2. The molecule has 1 heterocycles. The summed E-state index contributed by atoms with van der Waals surface area (Å²) in [5.74, 6) is 0. The molecule has 0 atom stereocenters. The maximum Gasteiger partial charge on any atom is 0.0967 e. The Bertz CT molecular complexity index is 264. The molecule has 0 aromatic heterocycles. The highest BCUT2D eigenvalue weighted by Crippen LogP contribution is 2.38. The Balaban J connectivity index is 2.80. The Morgan fingerprint density at radius 3 is 2.00 bits per heavy atom. The summed E-state index contributed by atoms with van der Waals surface area (Å²) in [6, 6.07) is 0.511. The van der Waals surface area contributed by atoms with Crippen molar-refractivity contribution in [1.82, 2.24) is 10.4 Å². The van der Waals surface area contributed by atoms with E-state index in [1.54, 1.807) is 13.8 Å². The first-order valence-electron chi connectivity index (χ1n) is 6.81. The summed E-state index contributed by atoms with van der Waals surface area (Å²) in [4.78, 5) is 5.93. The third kappa shape index (κ3) is 3.92. The van der Waals surface area contributed by atoms with Crippen molar-refractivity contribution in [2.24, 2.45) is 0 Å². The predicted octanol–water partition coefficient (Wildman–Crippen LogP) is 1.93. The Morgan fingerprint density at radius 2 is 1.67 bits per heavy atom. The van der Waals surface area contributed by atoms with E-state index in [9.17, 15) is 5.11 Å². The van der Waals surface area contributed by atoms with Crippen LogP contribution in [0.3, 0.4) is 0 Å². The van der Waals surface area contributed by atoms with Gasteiger partial charge in [0, 0.05) is 17.1 Å². The minimum atomic E-state index is -0.800. The lowest BCUT2D eigenvalue weighted by Crippen LogP contribution is -2.63. The summed E-state index contributed by atoms with van der Waals surface area (Å²) in [5.41, 5.74) is -0.882. The smallest absolute Gasteiger partial charge is 0.0967 e. The molecule has 0 bridgehead atoms. The fourth-order valence-electron chi connectivity index (χ4n) is 3.04. The summed E-state index contributed by atoms with van der Waals surface area (Å²) in [6.07, 6.45) is 2.08. The third-order valence-electron chi connectivity index (χ3n) is 3.55. The maximum atomic E-state index is 9.82. The van der Waals surface area contributed by atoms with E-state index < -0.39 is 5.60 Å². The summed E-state index contributed by atoms with van der Waals surface area (Å²) in [7, 11) is 2.02. The summed E-state index contributed by atoms with van der Waals surface area (Å²) >= 11 is 0. The molecule has 0 aromatic rings. The second-order valence-electron chi connectivity index (χ2n) is 7.40. The standard InChI is InChI=1S/C14H30N2O2/c1-12(2)8-11(15-7)9-13(3,4)16(12)18-10-14(5,6)17/h11,15,17H,8-10H2,1-7H3. The fraction of sp³-hybridized carbons (Fsp3) is 1.00. The van der Waals surface area contributed by atoms with E-state index in [4.69, 9.17) is 4.84 Å². The van der Waals surface area contributed by atoms with Gasteiger partial charge in [-0.15, -0.1) is 0 Å². The van der Waals surface area contributed by atoms with Crippen LogP contribution in [0.4, 0.5) is 0 Å². The van der Waals surface area contributed by atoms with Gasteiger partial charge in [-0.05, 0) is 61.4 Å². The van der Waals surface area contributed by atoms with Crippen LogP contribution in [0.2, 0.25) is 0 Å². The number of piperidine rings is 1. The fourth-order valence-corrected chi connectivity index (χ4v) is 3.04. The van der Waals surface area contributed by atoms with Crippen molar-refractivity contribution in [2.75, 3.05) is 13.7 Å². The van der Waals surface area contributed by atoms with Crippen LogP contribution in [0.5, 0.6) is 0 Å². The van der Waals surface area contributed by atoms with Crippen molar-refractivity contribution >= 4 is 0 Å². The van der Waals surface area contributed by atoms with Gasteiger partial charge in [0.25, 0.3) is 0 Å². The molecule has 18 heavy (non-hydrogen) atoms. The van der Waals surface area contributed by atoms with Crippen molar-refractivity contribution in [3.05, 3.63) is 0 Å². The molecule has 4 nitrogen and oxygen atoms in total. The largest absolute Gasteiger partial charge is 0.388 e. The van der Waals surface area contributed by atoms with E-state index in [0.717, 1.165) is 12.8 Å². The van der Waals surface area contributed by atoms with Crippen molar-refractivity contribution in [3.63, 3.8) is 0 Å². The number of hydrogen-bond acceptors (Lipinski definition) is 4. The summed E-state index contributed by atoms with van der Waals surface area (Å²) < 4.78 is 0. The van der Waals surface area contributed by atoms with E-state index >= 15 is 0 Å². The second kappa shape index (κ2) is 5.08. The first-order valence-corrected chi connectivity index (χ1v) is 6.81. The zero-order valence-electron chi connectivity index (χ0n) is 13.0. The number of rotatable bonds is 4. The Kier molecular flexibility index (Phi) is 4.49. The predicted molar refractivity (Wildman–Crippen MR) is 74.3 cm³/mol. The lowest BCUT2D eigenvalue weighted by atomic mass is 9.79. The summed E-state index contributed by atoms with van der Waals surface area (Å²) in [6.45, 7) is 12.7. The molecule has 0 aliphatic carbocycles. The molecule has 1 aliphatic heterocycles. The quantitative estimate of drug-likeness (QED) is 0.809. The molecule has 2 N–H and O–H groups in total. The van der Waals surface area contributed by atoms with Crippen molar-refractivity contribution < 1.29 is 9.94 Å².